The van der Waals surface area contributed by atoms with Crippen LogP contribution < -0.4 is 5.32 Å². The third kappa shape index (κ3) is 3.80. The first-order valence-electron chi connectivity index (χ1n) is 6.53. The molecule has 1 aromatic rings. The van der Waals surface area contributed by atoms with Crippen LogP contribution in [0.25, 0.3) is 0 Å². The monoisotopic (exact) mass is 253 g/mol. The minimum absolute atomic E-state index is 0.237. The highest BCUT2D eigenvalue weighted by Gasteiger charge is 2.23. The van der Waals surface area contributed by atoms with E-state index in [2.05, 4.69) is 36.7 Å². The van der Waals surface area contributed by atoms with Gasteiger partial charge in [-0.05, 0) is 30.7 Å². The summed E-state index contributed by atoms with van der Waals surface area (Å²) < 4.78 is 5.49. The molecule has 1 N–H and O–H groups in total. The first-order valence-corrected chi connectivity index (χ1v) is 7.41. The van der Waals surface area contributed by atoms with Gasteiger partial charge in [0.05, 0.1) is 0 Å². The fraction of sp³-hybridized carbons (Fsp3) is 0.714. The van der Waals surface area contributed by atoms with Crippen LogP contribution in [-0.2, 0) is 10.2 Å². The molecule has 1 aliphatic rings. The smallest absolute Gasteiger partial charge is 0.0480 e. The van der Waals surface area contributed by atoms with Crippen molar-refractivity contribution in [2.45, 2.75) is 44.6 Å². The largest absolute Gasteiger partial charge is 0.381 e. The highest BCUT2D eigenvalue weighted by Crippen LogP contribution is 2.27. The molecule has 0 aromatic carbocycles. The van der Waals surface area contributed by atoms with E-state index < -0.39 is 0 Å². The zero-order chi connectivity index (χ0) is 12.1. The Labute approximate surface area is 108 Å². The maximum Gasteiger partial charge on any atom is 0.0480 e. The number of hydrogen-bond donors (Lipinski definition) is 1. The van der Waals surface area contributed by atoms with Crippen molar-refractivity contribution < 1.29 is 4.74 Å². The van der Waals surface area contributed by atoms with Crippen LogP contribution in [0.1, 0.15) is 38.0 Å². The summed E-state index contributed by atoms with van der Waals surface area (Å²) in [7, 11) is 0. The zero-order valence-corrected chi connectivity index (χ0v) is 11.7. The second-order valence-corrected chi connectivity index (χ2v) is 6.43. The highest BCUT2D eigenvalue weighted by atomic mass is 32.1. The van der Waals surface area contributed by atoms with Gasteiger partial charge in [0.25, 0.3) is 0 Å². The van der Waals surface area contributed by atoms with Crippen molar-refractivity contribution in [2.24, 2.45) is 0 Å². The van der Waals surface area contributed by atoms with E-state index in [1.807, 2.05) is 11.3 Å². The van der Waals surface area contributed by atoms with Crippen molar-refractivity contribution in [3.05, 3.63) is 22.4 Å². The molecule has 1 atom stereocenters. The highest BCUT2D eigenvalue weighted by molar-refractivity contribution is 7.10. The Morgan fingerprint density at radius 1 is 1.41 bits per heavy atom. The average Bonchev–Trinajstić information content (AvgIpc) is 2.72. The fourth-order valence-electron chi connectivity index (χ4n) is 2.26. The van der Waals surface area contributed by atoms with E-state index in [0.29, 0.717) is 6.04 Å². The van der Waals surface area contributed by atoms with Crippen molar-refractivity contribution in [1.82, 2.24) is 5.32 Å². The molecule has 0 bridgehead atoms. The van der Waals surface area contributed by atoms with Crippen molar-refractivity contribution in [3.8, 4) is 0 Å². The van der Waals surface area contributed by atoms with Crippen molar-refractivity contribution >= 4 is 11.3 Å². The molecule has 0 aliphatic carbocycles. The SMILES string of the molecule is CC(C)(CNC1CCCOCC1)c1cccs1. The predicted molar refractivity (Wildman–Crippen MR) is 73.8 cm³/mol. The lowest BCUT2D eigenvalue weighted by molar-refractivity contribution is 0.142. The molecule has 1 aliphatic heterocycles. The molecular weight excluding hydrogens is 230 g/mol. The molecule has 1 saturated heterocycles. The summed E-state index contributed by atoms with van der Waals surface area (Å²) in [5, 5.41) is 5.88. The van der Waals surface area contributed by atoms with Gasteiger partial charge in [0.2, 0.25) is 0 Å². The lowest BCUT2D eigenvalue weighted by Crippen LogP contribution is -2.39. The van der Waals surface area contributed by atoms with E-state index in [9.17, 15) is 0 Å². The molecule has 0 spiro atoms. The van der Waals surface area contributed by atoms with E-state index in [4.69, 9.17) is 4.74 Å². The Kier molecular flexibility index (Phi) is 4.60. The molecule has 0 amide bonds. The topological polar surface area (TPSA) is 21.3 Å². The van der Waals surface area contributed by atoms with Crippen LogP contribution in [0.15, 0.2) is 17.5 Å². The number of ether oxygens (including phenoxy) is 1. The number of nitrogens with one attached hydrogen (secondary N) is 1. The van der Waals surface area contributed by atoms with Crippen molar-refractivity contribution in [1.29, 1.82) is 0 Å². The maximum absolute atomic E-state index is 5.49. The van der Waals surface area contributed by atoms with Crippen LogP contribution in [0.2, 0.25) is 0 Å². The minimum Gasteiger partial charge on any atom is -0.381 e. The van der Waals surface area contributed by atoms with Gasteiger partial charge in [0, 0.05) is 36.1 Å². The molecule has 2 nitrogen and oxygen atoms in total. The summed E-state index contributed by atoms with van der Waals surface area (Å²) in [6, 6.07) is 5.01. The van der Waals surface area contributed by atoms with E-state index in [-0.39, 0.29) is 5.41 Å². The van der Waals surface area contributed by atoms with E-state index in [1.54, 1.807) is 0 Å². The Morgan fingerprint density at radius 2 is 2.29 bits per heavy atom. The van der Waals surface area contributed by atoms with Gasteiger partial charge in [-0.15, -0.1) is 11.3 Å². The summed E-state index contributed by atoms with van der Waals surface area (Å²) in [5.41, 5.74) is 0.237. The van der Waals surface area contributed by atoms with E-state index >= 15 is 0 Å². The molecule has 2 heterocycles. The lowest BCUT2D eigenvalue weighted by Gasteiger charge is -2.27. The molecule has 1 aromatic heterocycles. The number of hydrogen-bond acceptors (Lipinski definition) is 3. The zero-order valence-electron chi connectivity index (χ0n) is 10.9. The molecule has 0 saturated carbocycles. The van der Waals surface area contributed by atoms with Gasteiger partial charge in [0.1, 0.15) is 0 Å². The summed E-state index contributed by atoms with van der Waals surface area (Å²) in [6.45, 7) is 7.54. The van der Waals surface area contributed by atoms with Gasteiger partial charge in [-0.3, -0.25) is 0 Å². The van der Waals surface area contributed by atoms with Crippen LogP contribution in [0.4, 0.5) is 0 Å². The Bertz CT molecular complexity index is 313. The summed E-state index contributed by atoms with van der Waals surface area (Å²) in [6.07, 6.45) is 3.60. The Morgan fingerprint density at radius 3 is 3.06 bits per heavy atom. The lowest BCUT2D eigenvalue weighted by atomic mass is 9.91. The number of thiophene rings is 1. The van der Waals surface area contributed by atoms with Gasteiger partial charge in [-0.25, -0.2) is 0 Å². The third-order valence-corrected chi connectivity index (χ3v) is 4.71. The van der Waals surface area contributed by atoms with E-state index in [1.165, 1.54) is 17.7 Å². The van der Waals surface area contributed by atoms with Crippen LogP contribution in [0.5, 0.6) is 0 Å². The molecule has 2 rings (SSSR count). The average molecular weight is 253 g/mol. The van der Waals surface area contributed by atoms with Crippen LogP contribution in [-0.4, -0.2) is 25.8 Å². The van der Waals surface area contributed by atoms with Crippen molar-refractivity contribution in [2.75, 3.05) is 19.8 Å². The van der Waals surface area contributed by atoms with Gasteiger partial charge in [-0.2, -0.15) is 0 Å². The maximum atomic E-state index is 5.49. The molecule has 3 heteroatoms. The molecular formula is C14H23NOS. The molecule has 0 radical (unpaired) electrons. The first-order chi connectivity index (χ1) is 8.18. The standard InChI is InChI=1S/C14H23NOS/c1-14(2,13-6-4-10-17-13)11-15-12-5-3-8-16-9-7-12/h4,6,10,12,15H,3,5,7-9,11H2,1-2H3. The second kappa shape index (κ2) is 5.98. The Balaban J connectivity index is 1.84. The minimum atomic E-state index is 0.237. The second-order valence-electron chi connectivity index (χ2n) is 5.48. The van der Waals surface area contributed by atoms with Crippen LogP contribution in [0.3, 0.4) is 0 Å². The summed E-state index contributed by atoms with van der Waals surface area (Å²) >= 11 is 1.86. The molecule has 96 valence electrons. The predicted octanol–water partition coefficient (Wildman–Crippen LogP) is 3.18. The molecule has 1 unspecified atom stereocenters. The van der Waals surface area contributed by atoms with Gasteiger partial charge in [-0.1, -0.05) is 19.9 Å². The summed E-state index contributed by atoms with van der Waals surface area (Å²) in [5.74, 6) is 0. The normalized spacial score (nSPS) is 22.4. The fourth-order valence-corrected chi connectivity index (χ4v) is 3.11. The van der Waals surface area contributed by atoms with Gasteiger partial charge in [0.15, 0.2) is 0 Å². The third-order valence-electron chi connectivity index (χ3n) is 3.47. The first kappa shape index (κ1) is 13.1. The molecule has 17 heavy (non-hydrogen) atoms. The Hall–Kier alpha value is -0.380. The quantitative estimate of drug-likeness (QED) is 0.890. The van der Waals surface area contributed by atoms with Crippen LogP contribution in [0, 0.1) is 0 Å². The number of rotatable bonds is 4. The van der Waals surface area contributed by atoms with E-state index in [0.717, 1.165) is 26.2 Å². The molecule has 1 fully saturated rings. The van der Waals surface area contributed by atoms with Gasteiger partial charge >= 0.3 is 0 Å². The van der Waals surface area contributed by atoms with Gasteiger partial charge < -0.3 is 10.1 Å². The van der Waals surface area contributed by atoms with Crippen LogP contribution >= 0.6 is 11.3 Å². The van der Waals surface area contributed by atoms with Crippen molar-refractivity contribution in [3.63, 3.8) is 0 Å². The summed E-state index contributed by atoms with van der Waals surface area (Å²) in [4.78, 5) is 1.47.